The summed E-state index contributed by atoms with van der Waals surface area (Å²) in [5, 5.41) is 20.5. The number of amides is 1. The van der Waals surface area contributed by atoms with Gasteiger partial charge in [-0.3, -0.25) is 19.7 Å². The van der Waals surface area contributed by atoms with Crippen LogP contribution in [0.1, 0.15) is 34.1 Å². The van der Waals surface area contributed by atoms with E-state index in [0.717, 1.165) is 0 Å². The topological polar surface area (TPSA) is 114 Å². The third kappa shape index (κ3) is 3.22. The summed E-state index contributed by atoms with van der Waals surface area (Å²) in [5.74, 6) is -0.482. The normalized spacial score (nSPS) is 15.7. The average molecular weight is 459 g/mol. The summed E-state index contributed by atoms with van der Waals surface area (Å²) in [6.45, 7) is 0.0874. The van der Waals surface area contributed by atoms with Gasteiger partial charge in [0, 0.05) is 29.8 Å². The van der Waals surface area contributed by atoms with Gasteiger partial charge in [-0.1, -0.05) is 15.9 Å². The fourth-order valence-corrected chi connectivity index (χ4v) is 3.95. The number of aliphatic hydroxyl groups excluding tert-OH is 1. The molecule has 1 unspecified atom stereocenters. The quantitative estimate of drug-likeness (QED) is 0.462. The minimum Gasteiger partial charge on any atom is -0.450 e. The van der Waals surface area contributed by atoms with Gasteiger partial charge in [0.15, 0.2) is 5.43 Å². The Hall–Kier alpha value is -3.04. The number of hydrogen-bond acceptors (Lipinski definition) is 6. The Balaban J connectivity index is 1.93. The molecule has 4 rings (SSSR count). The molecule has 2 heterocycles. The highest BCUT2D eigenvalue weighted by atomic mass is 79.9. The van der Waals surface area contributed by atoms with Gasteiger partial charge in [0.05, 0.1) is 21.9 Å². The molecule has 0 bridgehead atoms. The maximum Gasteiger partial charge on any atom is 0.290 e. The molecule has 29 heavy (non-hydrogen) atoms. The standard InChI is InChI=1S/C20H15BrN2O6/c21-12-4-7-15-14(10-12)18(25)16-17(11-2-5-13(6-3-11)23(27)28)22(8-1-9-24)20(26)19(16)29-15/h2-7,10,17,24H,1,8-9H2. The van der Waals surface area contributed by atoms with Gasteiger partial charge >= 0.3 is 0 Å². The van der Waals surface area contributed by atoms with Crippen molar-refractivity contribution in [3.63, 3.8) is 0 Å². The summed E-state index contributed by atoms with van der Waals surface area (Å²) in [4.78, 5) is 38.2. The van der Waals surface area contributed by atoms with Crippen molar-refractivity contribution in [3.05, 3.63) is 84.2 Å². The van der Waals surface area contributed by atoms with Crippen molar-refractivity contribution >= 4 is 38.5 Å². The summed E-state index contributed by atoms with van der Waals surface area (Å²) in [7, 11) is 0. The van der Waals surface area contributed by atoms with Crippen LogP contribution in [0.5, 0.6) is 0 Å². The Kier molecular flexibility index (Phi) is 4.93. The van der Waals surface area contributed by atoms with E-state index >= 15 is 0 Å². The Morgan fingerprint density at radius 2 is 1.90 bits per heavy atom. The first-order chi connectivity index (χ1) is 13.9. The van der Waals surface area contributed by atoms with Crippen LogP contribution in [0, 0.1) is 10.1 Å². The number of fused-ring (bicyclic) bond motifs is 2. The minimum absolute atomic E-state index is 0.0360. The van der Waals surface area contributed by atoms with Crippen molar-refractivity contribution in [2.75, 3.05) is 13.2 Å². The van der Waals surface area contributed by atoms with Crippen molar-refractivity contribution in [1.29, 1.82) is 0 Å². The van der Waals surface area contributed by atoms with Gasteiger partial charge in [0.25, 0.3) is 11.6 Å². The summed E-state index contributed by atoms with van der Waals surface area (Å²) in [6.07, 6.45) is 0.322. The number of nitro benzene ring substituents is 1. The van der Waals surface area contributed by atoms with Gasteiger partial charge in [-0.05, 0) is 42.3 Å². The molecule has 1 aromatic heterocycles. The van der Waals surface area contributed by atoms with E-state index < -0.39 is 16.9 Å². The van der Waals surface area contributed by atoms with E-state index in [1.54, 1.807) is 18.2 Å². The molecule has 0 fully saturated rings. The van der Waals surface area contributed by atoms with Crippen molar-refractivity contribution in [2.45, 2.75) is 12.5 Å². The van der Waals surface area contributed by atoms with E-state index in [0.29, 0.717) is 27.4 Å². The molecule has 0 aliphatic carbocycles. The third-order valence-corrected chi connectivity index (χ3v) is 5.40. The van der Waals surface area contributed by atoms with Crippen molar-refractivity contribution in [3.8, 4) is 0 Å². The molecule has 1 N–H and O–H groups in total. The molecule has 1 amide bonds. The second-order valence-corrected chi connectivity index (χ2v) is 7.56. The van der Waals surface area contributed by atoms with Crippen molar-refractivity contribution in [1.82, 2.24) is 4.90 Å². The number of benzene rings is 2. The van der Waals surface area contributed by atoms with Gasteiger partial charge < -0.3 is 14.4 Å². The molecular formula is C20H15BrN2O6. The largest absolute Gasteiger partial charge is 0.450 e. The van der Waals surface area contributed by atoms with Crippen LogP contribution >= 0.6 is 15.9 Å². The van der Waals surface area contributed by atoms with E-state index in [4.69, 9.17) is 4.42 Å². The van der Waals surface area contributed by atoms with E-state index in [2.05, 4.69) is 15.9 Å². The highest BCUT2D eigenvalue weighted by Gasteiger charge is 2.42. The zero-order valence-electron chi connectivity index (χ0n) is 15.0. The zero-order valence-corrected chi connectivity index (χ0v) is 16.6. The molecule has 0 radical (unpaired) electrons. The maximum absolute atomic E-state index is 13.3. The number of rotatable bonds is 5. The highest BCUT2D eigenvalue weighted by Crippen LogP contribution is 2.38. The molecule has 9 heteroatoms. The Morgan fingerprint density at radius 1 is 1.17 bits per heavy atom. The molecule has 0 saturated heterocycles. The molecule has 0 spiro atoms. The molecule has 2 aromatic carbocycles. The third-order valence-electron chi connectivity index (χ3n) is 4.90. The molecule has 8 nitrogen and oxygen atoms in total. The number of nitrogens with zero attached hydrogens (tertiary/aromatic N) is 2. The zero-order chi connectivity index (χ0) is 20.7. The fraction of sp³-hybridized carbons (Fsp3) is 0.200. The number of carbonyl (C=O) groups is 1. The fourth-order valence-electron chi connectivity index (χ4n) is 3.59. The summed E-state index contributed by atoms with van der Waals surface area (Å²) in [5.41, 5.74) is 0.645. The number of halogens is 1. The van der Waals surface area contributed by atoms with Crippen LogP contribution < -0.4 is 5.43 Å². The number of hydrogen-bond donors (Lipinski definition) is 1. The lowest BCUT2D eigenvalue weighted by Crippen LogP contribution is -2.31. The van der Waals surface area contributed by atoms with Crippen LogP contribution in [0.25, 0.3) is 11.0 Å². The van der Waals surface area contributed by atoms with E-state index in [-0.39, 0.29) is 35.6 Å². The van der Waals surface area contributed by atoms with Crippen LogP contribution in [0.15, 0.2) is 56.1 Å². The first kappa shape index (κ1) is 19.3. The second-order valence-electron chi connectivity index (χ2n) is 6.64. The number of aliphatic hydroxyl groups is 1. The van der Waals surface area contributed by atoms with Crippen molar-refractivity contribution < 1.29 is 19.2 Å². The lowest BCUT2D eigenvalue weighted by Gasteiger charge is -2.24. The molecule has 148 valence electrons. The van der Waals surface area contributed by atoms with E-state index in [9.17, 15) is 24.8 Å². The SMILES string of the molecule is O=C1c2oc3ccc(Br)cc3c(=O)c2C(c2ccc([N+](=O)[O-])cc2)N1CCCO. The predicted molar refractivity (Wildman–Crippen MR) is 108 cm³/mol. The van der Waals surface area contributed by atoms with Gasteiger partial charge in [0.2, 0.25) is 5.76 Å². The highest BCUT2D eigenvalue weighted by molar-refractivity contribution is 9.10. The minimum atomic E-state index is -0.746. The second kappa shape index (κ2) is 7.41. The van der Waals surface area contributed by atoms with Crippen LogP contribution in [0.3, 0.4) is 0 Å². The molecule has 0 saturated carbocycles. The maximum atomic E-state index is 13.3. The summed E-state index contributed by atoms with van der Waals surface area (Å²) < 4.78 is 6.49. The molecular weight excluding hydrogens is 444 g/mol. The van der Waals surface area contributed by atoms with Gasteiger partial charge in [-0.25, -0.2) is 0 Å². The van der Waals surface area contributed by atoms with E-state index in [1.807, 2.05) is 0 Å². The smallest absolute Gasteiger partial charge is 0.290 e. The Morgan fingerprint density at radius 3 is 2.55 bits per heavy atom. The van der Waals surface area contributed by atoms with Crippen molar-refractivity contribution in [2.24, 2.45) is 0 Å². The average Bonchev–Trinajstić information content (AvgIpc) is 2.99. The summed E-state index contributed by atoms with van der Waals surface area (Å²) in [6, 6.07) is 9.95. The number of non-ortho nitro benzene ring substituents is 1. The van der Waals surface area contributed by atoms with Crippen LogP contribution in [-0.4, -0.2) is 34.0 Å². The van der Waals surface area contributed by atoms with Crippen LogP contribution in [0.2, 0.25) is 0 Å². The lowest BCUT2D eigenvalue weighted by atomic mass is 9.98. The monoisotopic (exact) mass is 458 g/mol. The van der Waals surface area contributed by atoms with Gasteiger partial charge in [-0.15, -0.1) is 0 Å². The number of nitro groups is 1. The molecule has 1 atom stereocenters. The molecule has 3 aromatic rings. The van der Waals surface area contributed by atoms with Crippen LogP contribution in [0.4, 0.5) is 5.69 Å². The predicted octanol–water partition coefficient (Wildman–Crippen LogP) is 3.39. The first-order valence-electron chi connectivity index (χ1n) is 8.85. The van der Waals surface area contributed by atoms with Gasteiger partial charge in [0.1, 0.15) is 5.58 Å². The first-order valence-corrected chi connectivity index (χ1v) is 9.64. The van der Waals surface area contributed by atoms with Crippen LogP contribution in [-0.2, 0) is 0 Å². The lowest BCUT2D eigenvalue weighted by molar-refractivity contribution is -0.384. The molecule has 1 aliphatic rings. The van der Waals surface area contributed by atoms with Gasteiger partial charge in [-0.2, -0.15) is 0 Å². The summed E-state index contributed by atoms with van der Waals surface area (Å²) >= 11 is 3.34. The molecule has 1 aliphatic heterocycles. The van der Waals surface area contributed by atoms with E-state index in [1.165, 1.54) is 29.2 Å². The Bertz CT molecular complexity index is 1190. The number of carbonyl (C=O) groups excluding carboxylic acids is 1. The Labute approximate surface area is 172 Å².